The maximum atomic E-state index is 9.82. The molecule has 0 bridgehead atoms. The molecule has 0 atom stereocenters. The van der Waals surface area contributed by atoms with Crippen LogP contribution in [0.3, 0.4) is 0 Å². The topological polar surface area (TPSA) is 29.4 Å². The van der Waals surface area contributed by atoms with Crippen molar-refractivity contribution in [3.05, 3.63) is 11.1 Å². The number of rotatable bonds is 1. The van der Waals surface area contributed by atoms with E-state index < -0.39 is 0 Å². The molecule has 0 spiro atoms. The van der Waals surface area contributed by atoms with Crippen LogP contribution in [-0.4, -0.2) is 11.8 Å². The standard InChI is InChI=1S/C4H2NOS/c6-2-4-1-5-3-7-4/h1-2H/q+1. The molecule has 0 N–H and O–H groups in total. The molecule has 3 heteroatoms. The summed E-state index contributed by atoms with van der Waals surface area (Å²) in [5.74, 6) is 0. The second-order valence-electron chi connectivity index (χ2n) is 0.972. The molecule has 34 valence electrons. The maximum Gasteiger partial charge on any atom is 0.272 e. The van der Waals surface area contributed by atoms with Crippen molar-refractivity contribution in [3.8, 4) is 0 Å². The van der Waals surface area contributed by atoms with Crippen LogP contribution >= 0.6 is 11.8 Å². The normalized spacial score (nSPS) is 15.7. The van der Waals surface area contributed by atoms with Gasteiger partial charge in [0, 0.05) is 0 Å². The smallest absolute Gasteiger partial charge is 0.272 e. The van der Waals surface area contributed by atoms with Gasteiger partial charge in [0.05, 0.1) is 0 Å². The van der Waals surface area contributed by atoms with Gasteiger partial charge in [-0.3, -0.25) is 4.79 Å². The summed E-state index contributed by atoms with van der Waals surface area (Å²) >= 11 is 1.22. The largest absolute Gasteiger partial charge is 0.295 e. The van der Waals surface area contributed by atoms with E-state index in [1.54, 1.807) is 0 Å². The van der Waals surface area contributed by atoms with Crippen LogP contribution in [0.5, 0.6) is 0 Å². The van der Waals surface area contributed by atoms with Crippen molar-refractivity contribution < 1.29 is 4.79 Å². The first-order valence-electron chi connectivity index (χ1n) is 1.70. The minimum Gasteiger partial charge on any atom is -0.295 e. The molecule has 0 aromatic carbocycles. The summed E-state index contributed by atoms with van der Waals surface area (Å²) < 4.78 is 0. The van der Waals surface area contributed by atoms with E-state index in [1.807, 2.05) is 0 Å². The van der Waals surface area contributed by atoms with E-state index in [0.717, 1.165) is 6.29 Å². The van der Waals surface area contributed by atoms with Crippen LogP contribution in [0, 0.1) is 0 Å². The maximum absolute atomic E-state index is 9.82. The Morgan fingerprint density at radius 1 is 2.00 bits per heavy atom. The fraction of sp³-hybridized carbons (Fsp3) is 0. The minimum atomic E-state index is 0.625. The lowest BCUT2D eigenvalue weighted by molar-refractivity contribution is -0.104. The SMILES string of the molecule is O=CC1=CN=[C+]S1. The summed E-state index contributed by atoms with van der Waals surface area (Å²) in [5, 5.41) is 0. The zero-order valence-electron chi connectivity index (χ0n) is 3.42. The van der Waals surface area contributed by atoms with Crippen molar-refractivity contribution in [2.45, 2.75) is 0 Å². The molecular weight excluding hydrogens is 110 g/mol. The van der Waals surface area contributed by atoms with Gasteiger partial charge in [0.15, 0.2) is 17.4 Å². The van der Waals surface area contributed by atoms with Gasteiger partial charge in [-0.2, -0.15) is 0 Å². The van der Waals surface area contributed by atoms with Crippen molar-refractivity contribution in [2.75, 3.05) is 0 Å². The van der Waals surface area contributed by atoms with Gasteiger partial charge in [-0.15, -0.1) is 0 Å². The van der Waals surface area contributed by atoms with Crippen LogP contribution in [-0.2, 0) is 4.79 Å². The Balaban J connectivity index is 2.61. The molecule has 2 nitrogen and oxygen atoms in total. The molecule has 1 heterocycles. The minimum absolute atomic E-state index is 0.625. The quantitative estimate of drug-likeness (QED) is 0.368. The number of carbonyl (C=O) groups excluding carboxylic acids is 1. The first-order chi connectivity index (χ1) is 3.43. The molecule has 1 aliphatic rings. The molecular formula is C4H2NOS+. The Morgan fingerprint density at radius 2 is 2.86 bits per heavy atom. The zero-order valence-corrected chi connectivity index (χ0v) is 4.23. The number of thioether (sulfide) groups is 1. The third-order valence-corrected chi connectivity index (χ3v) is 1.16. The van der Waals surface area contributed by atoms with Crippen LogP contribution in [0.15, 0.2) is 16.1 Å². The molecule has 1 aliphatic heterocycles. The van der Waals surface area contributed by atoms with E-state index in [9.17, 15) is 4.79 Å². The molecule has 0 saturated carbocycles. The van der Waals surface area contributed by atoms with Gasteiger partial charge < -0.3 is 0 Å². The van der Waals surface area contributed by atoms with Gasteiger partial charge in [-0.1, -0.05) is 0 Å². The molecule has 0 unspecified atom stereocenters. The van der Waals surface area contributed by atoms with Crippen LogP contribution < -0.4 is 0 Å². The molecule has 0 amide bonds. The average Bonchev–Trinajstić information content (AvgIpc) is 2.14. The van der Waals surface area contributed by atoms with Gasteiger partial charge in [-0.05, 0) is 4.99 Å². The summed E-state index contributed by atoms with van der Waals surface area (Å²) in [6, 6.07) is 0. The summed E-state index contributed by atoms with van der Waals surface area (Å²) in [4.78, 5) is 14.0. The predicted molar refractivity (Wildman–Crippen MR) is 29.2 cm³/mol. The van der Waals surface area contributed by atoms with Crippen LogP contribution in [0.2, 0.25) is 0 Å². The van der Waals surface area contributed by atoms with Gasteiger partial charge in [0.2, 0.25) is 0 Å². The van der Waals surface area contributed by atoms with E-state index in [-0.39, 0.29) is 0 Å². The number of hydrogen-bond donors (Lipinski definition) is 0. The van der Waals surface area contributed by atoms with E-state index in [0.29, 0.717) is 4.91 Å². The Morgan fingerprint density at radius 3 is 3.14 bits per heavy atom. The van der Waals surface area contributed by atoms with E-state index in [1.165, 1.54) is 18.0 Å². The van der Waals surface area contributed by atoms with Crippen molar-refractivity contribution in [1.29, 1.82) is 0 Å². The molecule has 0 radical (unpaired) electrons. The lowest BCUT2D eigenvalue weighted by Gasteiger charge is -1.62. The zero-order chi connectivity index (χ0) is 5.11. The second-order valence-corrected chi connectivity index (χ2v) is 1.83. The van der Waals surface area contributed by atoms with Crippen molar-refractivity contribution in [1.82, 2.24) is 0 Å². The molecule has 0 aromatic heterocycles. The third-order valence-electron chi connectivity index (χ3n) is 0.524. The molecule has 0 aromatic rings. The lowest BCUT2D eigenvalue weighted by atomic mass is 10.7. The highest BCUT2D eigenvalue weighted by atomic mass is 32.2. The number of nitrogens with zero attached hydrogens (tertiary/aromatic N) is 1. The van der Waals surface area contributed by atoms with Crippen molar-refractivity contribution in [2.24, 2.45) is 4.99 Å². The molecule has 7 heavy (non-hydrogen) atoms. The summed E-state index contributed by atoms with van der Waals surface area (Å²) in [5.41, 5.74) is 2.54. The monoisotopic (exact) mass is 112 g/mol. The summed E-state index contributed by atoms with van der Waals surface area (Å²) in [6.45, 7) is 0. The Kier molecular flexibility index (Phi) is 1.20. The molecule has 0 fully saturated rings. The Bertz CT molecular complexity index is 139. The molecule has 0 saturated heterocycles. The number of carbonyl (C=O) groups is 1. The summed E-state index contributed by atoms with van der Waals surface area (Å²) in [7, 11) is 0. The first-order valence-corrected chi connectivity index (χ1v) is 2.52. The van der Waals surface area contributed by atoms with E-state index in [2.05, 4.69) is 10.5 Å². The number of aliphatic imine (C=N–C) groups is 1. The molecule has 0 aliphatic carbocycles. The fourth-order valence-electron chi connectivity index (χ4n) is 0.250. The number of aldehydes is 1. The van der Waals surface area contributed by atoms with Crippen molar-refractivity contribution >= 4 is 23.6 Å². The fourth-order valence-corrected chi connectivity index (χ4v) is 0.614. The predicted octanol–water partition coefficient (Wildman–Crippen LogP) is 0.679. The van der Waals surface area contributed by atoms with Crippen LogP contribution in [0.4, 0.5) is 0 Å². The highest BCUT2D eigenvalue weighted by molar-refractivity contribution is 8.16. The van der Waals surface area contributed by atoms with Gasteiger partial charge >= 0.3 is 0 Å². The Hall–Kier alpha value is -0.660. The van der Waals surface area contributed by atoms with Crippen LogP contribution in [0.1, 0.15) is 0 Å². The van der Waals surface area contributed by atoms with Gasteiger partial charge in [0.25, 0.3) is 5.55 Å². The average molecular weight is 112 g/mol. The first kappa shape index (κ1) is 4.50. The number of allylic oxidation sites excluding steroid dienone is 1. The second kappa shape index (κ2) is 1.87. The van der Waals surface area contributed by atoms with E-state index >= 15 is 0 Å². The van der Waals surface area contributed by atoms with E-state index in [4.69, 9.17) is 0 Å². The van der Waals surface area contributed by atoms with Gasteiger partial charge in [0.1, 0.15) is 11.8 Å². The third kappa shape index (κ3) is 0.856. The highest BCUT2D eigenvalue weighted by Gasteiger charge is 2.10. The van der Waals surface area contributed by atoms with Crippen molar-refractivity contribution in [3.63, 3.8) is 0 Å². The lowest BCUT2D eigenvalue weighted by Crippen LogP contribution is -1.68. The highest BCUT2D eigenvalue weighted by Crippen LogP contribution is 2.14. The Labute approximate surface area is 45.3 Å². The number of hydrogen-bond acceptors (Lipinski definition) is 3. The summed E-state index contributed by atoms with van der Waals surface area (Å²) in [6.07, 6.45) is 2.24. The van der Waals surface area contributed by atoms with Gasteiger partial charge in [-0.25, -0.2) is 0 Å². The molecule has 1 rings (SSSR count). The van der Waals surface area contributed by atoms with Crippen LogP contribution in [0.25, 0.3) is 0 Å².